The smallest absolute Gasteiger partial charge is 0.480 e. The third-order valence-electron chi connectivity index (χ3n) is 5.16. The number of hydrogen-bond acceptors (Lipinski definition) is 5. The summed E-state index contributed by atoms with van der Waals surface area (Å²) in [5.74, 6) is -0.907. The van der Waals surface area contributed by atoms with E-state index >= 15 is 0 Å². The van der Waals surface area contributed by atoms with Crippen LogP contribution in [0.5, 0.6) is 5.75 Å². The topological polar surface area (TPSA) is 145 Å². The molecule has 2 aromatic rings. The fraction of sp³-hybridized carbons (Fsp3) is 0.417. The third-order valence-corrected chi connectivity index (χ3v) is 5.61. The molecule has 0 unspecified atom stereocenters. The second-order valence-corrected chi connectivity index (χ2v) is 9.19. The second kappa shape index (κ2) is 14.5. The molecular formula is C24H33N2O7P. The molecular weight excluding hydrogens is 459 g/mol. The molecule has 10 heteroatoms. The monoisotopic (exact) mass is 492 g/mol. The number of carboxylic acid groups (broad SMARTS) is 1. The number of carbonyl (C=O) groups excluding carboxylic acids is 1. The quantitative estimate of drug-likeness (QED) is 0.178. The molecule has 0 saturated carbocycles. The Morgan fingerprint density at radius 3 is 2.21 bits per heavy atom. The van der Waals surface area contributed by atoms with Gasteiger partial charge in [-0.2, -0.15) is 0 Å². The van der Waals surface area contributed by atoms with Gasteiger partial charge in [0.2, 0.25) is 5.91 Å². The van der Waals surface area contributed by atoms with Gasteiger partial charge >= 0.3 is 13.8 Å². The summed E-state index contributed by atoms with van der Waals surface area (Å²) < 4.78 is 15.3. The summed E-state index contributed by atoms with van der Waals surface area (Å²) in [6, 6.07) is 15.2. The highest BCUT2D eigenvalue weighted by atomic mass is 31.2. The summed E-state index contributed by atoms with van der Waals surface area (Å²) in [4.78, 5) is 41.1. The lowest BCUT2D eigenvalue weighted by Gasteiger charge is -2.15. The summed E-state index contributed by atoms with van der Waals surface area (Å²) >= 11 is 0. The summed E-state index contributed by atoms with van der Waals surface area (Å²) in [6.45, 7) is 1.14. The molecule has 0 radical (unpaired) electrons. The van der Waals surface area contributed by atoms with Gasteiger partial charge in [0.05, 0.1) is 0 Å². The highest BCUT2D eigenvalue weighted by Gasteiger charge is 2.18. The van der Waals surface area contributed by atoms with E-state index in [2.05, 4.69) is 27.3 Å². The lowest BCUT2D eigenvalue weighted by atomic mass is 10.1. The van der Waals surface area contributed by atoms with Crippen LogP contribution >= 0.6 is 7.82 Å². The second-order valence-electron chi connectivity index (χ2n) is 8.02. The predicted octanol–water partition coefficient (Wildman–Crippen LogP) is 3.05. The Hall–Kier alpha value is -2.71. The fourth-order valence-corrected chi connectivity index (χ4v) is 3.82. The minimum atomic E-state index is -4.62. The van der Waals surface area contributed by atoms with E-state index in [-0.39, 0.29) is 18.1 Å². The zero-order chi connectivity index (χ0) is 24.8. The molecule has 5 N–H and O–H groups in total. The Morgan fingerprint density at radius 2 is 1.56 bits per heavy atom. The highest BCUT2D eigenvalue weighted by Crippen LogP contribution is 2.37. The maximum atomic E-state index is 11.9. The first-order valence-electron chi connectivity index (χ1n) is 11.3. The number of phosphoric ester groups is 1. The number of carbonyl (C=O) groups is 2. The van der Waals surface area contributed by atoms with Gasteiger partial charge in [0.15, 0.2) is 0 Å². The van der Waals surface area contributed by atoms with Crippen LogP contribution in [-0.2, 0) is 27.0 Å². The normalized spacial score (nSPS) is 12.2. The number of carboxylic acids is 1. The average Bonchev–Trinajstić information content (AvgIpc) is 2.78. The van der Waals surface area contributed by atoms with Gasteiger partial charge in [-0.25, -0.2) is 4.57 Å². The first kappa shape index (κ1) is 27.5. The van der Waals surface area contributed by atoms with Crippen LogP contribution in [0, 0.1) is 0 Å². The molecule has 2 aromatic carbocycles. The van der Waals surface area contributed by atoms with Crippen LogP contribution in [0.15, 0.2) is 54.6 Å². The van der Waals surface area contributed by atoms with Crippen LogP contribution in [0.3, 0.4) is 0 Å². The van der Waals surface area contributed by atoms with Crippen LogP contribution in [0.25, 0.3) is 0 Å². The summed E-state index contributed by atoms with van der Waals surface area (Å²) in [7, 11) is -4.62. The molecule has 0 aliphatic rings. The van der Waals surface area contributed by atoms with Crippen LogP contribution in [0.2, 0.25) is 0 Å². The first-order valence-corrected chi connectivity index (χ1v) is 12.9. The number of amides is 1. The van der Waals surface area contributed by atoms with Crippen molar-refractivity contribution in [3.8, 4) is 5.75 Å². The first-order chi connectivity index (χ1) is 16.2. The Balaban J connectivity index is 1.57. The van der Waals surface area contributed by atoms with Gasteiger partial charge in [-0.1, -0.05) is 48.9 Å². The number of hydrogen-bond donors (Lipinski definition) is 5. The predicted molar refractivity (Wildman–Crippen MR) is 128 cm³/mol. The van der Waals surface area contributed by atoms with Crippen LogP contribution < -0.4 is 15.2 Å². The van der Waals surface area contributed by atoms with E-state index in [1.807, 2.05) is 18.2 Å². The Kier molecular flexibility index (Phi) is 11.8. The zero-order valence-corrected chi connectivity index (χ0v) is 20.0. The summed E-state index contributed by atoms with van der Waals surface area (Å²) in [5, 5.41) is 15.4. The van der Waals surface area contributed by atoms with Gasteiger partial charge in [-0.15, -0.1) is 0 Å². The number of phosphoric acid groups is 1. The van der Waals surface area contributed by atoms with Crippen molar-refractivity contribution in [2.45, 2.75) is 51.0 Å². The van der Waals surface area contributed by atoms with E-state index in [1.165, 1.54) is 17.7 Å². The van der Waals surface area contributed by atoms with Gasteiger partial charge in [0.1, 0.15) is 11.8 Å². The molecule has 9 nitrogen and oxygen atoms in total. The molecule has 0 saturated heterocycles. The summed E-state index contributed by atoms with van der Waals surface area (Å²) in [5.41, 5.74) is 1.93. The van der Waals surface area contributed by atoms with Crippen LogP contribution in [0.1, 0.15) is 43.2 Å². The molecule has 0 aromatic heterocycles. The van der Waals surface area contributed by atoms with Crippen molar-refractivity contribution in [2.75, 3.05) is 13.1 Å². The van der Waals surface area contributed by atoms with Gasteiger partial charge in [-0.3, -0.25) is 19.4 Å². The molecule has 0 spiro atoms. The molecule has 2 rings (SSSR count). The SMILES string of the molecule is O=C(CCCc1ccccc1)NCCCCCN[C@@H](Cc1ccc(OP(=O)(O)O)cc1)C(=O)O. The molecule has 0 fully saturated rings. The fourth-order valence-electron chi connectivity index (χ4n) is 3.42. The van der Waals surface area contributed by atoms with Gasteiger partial charge in [-0.05, 0) is 61.9 Å². The van der Waals surface area contributed by atoms with Crippen molar-refractivity contribution in [1.29, 1.82) is 0 Å². The minimum Gasteiger partial charge on any atom is -0.480 e. The lowest BCUT2D eigenvalue weighted by molar-refractivity contribution is -0.139. The number of nitrogens with one attached hydrogen (secondary N) is 2. The highest BCUT2D eigenvalue weighted by molar-refractivity contribution is 7.46. The Bertz CT molecular complexity index is 932. The van der Waals surface area contributed by atoms with Crippen molar-refractivity contribution in [3.63, 3.8) is 0 Å². The number of rotatable bonds is 16. The molecule has 0 heterocycles. The van der Waals surface area contributed by atoms with E-state index in [1.54, 1.807) is 12.1 Å². The Morgan fingerprint density at radius 1 is 0.882 bits per heavy atom. The van der Waals surface area contributed by atoms with E-state index in [9.17, 15) is 19.3 Å². The molecule has 1 atom stereocenters. The van der Waals surface area contributed by atoms with Crippen LogP contribution in [0.4, 0.5) is 0 Å². The molecule has 0 aliphatic carbocycles. The molecule has 1 amide bonds. The minimum absolute atomic E-state index is 0.0141. The molecule has 0 bridgehead atoms. The number of unbranched alkanes of at least 4 members (excludes halogenated alkanes) is 2. The maximum Gasteiger partial charge on any atom is 0.524 e. The van der Waals surface area contributed by atoms with Crippen molar-refractivity contribution in [2.24, 2.45) is 0 Å². The van der Waals surface area contributed by atoms with Crippen molar-refractivity contribution < 1.29 is 33.6 Å². The van der Waals surface area contributed by atoms with E-state index < -0.39 is 19.8 Å². The largest absolute Gasteiger partial charge is 0.524 e. The van der Waals surface area contributed by atoms with E-state index in [0.717, 1.165) is 32.1 Å². The third kappa shape index (κ3) is 12.0. The van der Waals surface area contributed by atoms with Crippen molar-refractivity contribution in [1.82, 2.24) is 10.6 Å². The number of aliphatic carboxylic acids is 1. The standard InChI is InChI=1S/C24H33N2O7P/c27-23(11-7-10-19-8-3-1-4-9-19)26-17-6-2-5-16-25-22(24(28)29)18-20-12-14-21(15-13-20)33-34(30,31)32/h1,3-4,8-9,12-15,22,25H,2,5-7,10-11,16-18H2,(H,26,27)(H,28,29)(H2,30,31,32)/t22-/m0/s1. The number of aryl methyl sites for hydroxylation is 1. The molecule has 34 heavy (non-hydrogen) atoms. The molecule has 0 aliphatic heterocycles. The molecule has 186 valence electrons. The maximum absolute atomic E-state index is 11.9. The van der Waals surface area contributed by atoms with Crippen LogP contribution in [-0.4, -0.2) is 45.9 Å². The zero-order valence-electron chi connectivity index (χ0n) is 19.1. The van der Waals surface area contributed by atoms with Gasteiger partial charge < -0.3 is 20.3 Å². The van der Waals surface area contributed by atoms with E-state index in [0.29, 0.717) is 25.1 Å². The van der Waals surface area contributed by atoms with Crippen molar-refractivity contribution >= 4 is 19.7 Å². The van der Waals surface area contributed by atoms with Gasteiger partial charge in [0.25, 0.3) is 0 Å². The Labute approximate surface area is 199 Å². The van der Waals surface area contributed by atoms with E-state index in [4.69, 9.17) is 9.79 Å². The lowest BCUT2D eigenvalue weighted by Crippen LogP contribution is -2.39. The van der Waals surface area contributed by atoms with Crippen molar-refractivity contribution in [3.05, 3.63) is 65.7 Å². The summed E-state index contributed by atoms with van der Waals surface area (Å²) in [6.07, 6.45) is 4.89. The number of benzene rings is 2. The van der Waals surface area contributed by atoms with Gasteiger partial charge in [0, 0.05) is 13.0 Å². The average molecular weight is 493 g/mol.